The fourth-order valence-corrected chi connectivity index (χ4v) is 2.15. The van der Waals surface area contributed by atoms with Gasteiger partial charge in [-0.25, -0.2) is 4.39 Å². The Kier molecular flexibility index (Phi) is 6.00. The summed E-state index contributed by atoms with van der Waals surface area (Å²) in [6.07, 6.45) is 2.08. The van der Waals surface area contributed by atoms with Crippen LogP contribution >= 0.6 is 0 Å². The third kappa shape index (κ3) is 4.61. The predicted molar refractivity (Wildman–Crippen MR) is 73.6 cm³/mol. The molecular formula is C16H19FO3. The van der Waals surface area contributed by atoms with Gasteiger partial charge in [0.25, 0.3) is 0 Å². The van der Waals surface area contributed by atoms with Crippen molar-refractivity contribution in [3.63, 3.8) is 0 Å². The second kappa shape index (κ2) is 8.01. The van der Waals surface area contributed by atoms with E-state index in [2.05, 4.69) is 11.8 Å². The van der Waals surface area contributed by atoms with Crippen LogP contribution in [0.2, 0.25) is 0 Å². The number of aliphatic hydroxyl groups is 1. The van der Waals surface area contributed by atoms with E-state index in [0.717, 1.165) is 31.6 Å². The number of benzene rings is 1. The van der Waals surface area contributed by atoms with Crippen LogP contribution in [0.3, 0.4) is 0 Å². The number of hydrogen-bond acceptors (Lipinski definition) is 3. The zero-order chi connectivity index (χ0) is 14.2. The van der Waals surface area contributed by atoms with Crippen molar-refractivity contribution in [2.24, 2.45) is 5.92 Å². The van der Waals surface area contributed by atoms with Crippen molar-refractivity contribution in [3.05, 3.63) is 35.1 Å². The van der Waals surface area contributed by atoms with E-state index in [1.807, 2.05) is 0 Å². The Bertz CT molecular complexity index is 484. The Hall–Kier alpha value is -1.41. The predicted octanol–water partition coefficient (Wildman–Crippen LogP) is 2.11. The van der Waals surface area contributed by atoms with Gasteiger partial charge in [-0.05, 0) is 36.5 Å². The minimum Gasteiger partial charge on any atom is -0.384 e. The molecule has 0 atom stereocenters. The summed E-state index contributed by atoms with van der Waals surface area (Å²) in [5, 5.41) is 8.64. The number of aliphatic hydroxyl groups excluding tert-OH is 1. The Morgan fingerprint density at radius 1 is 1.35 bits per heavy atom. The van der Waals surface area contributed by atoms with E-state index < -0.39 is 0 Å². The monoisotopic (exact) mass is 278 g/mol. The highest BCUT2D eigenvalue weighted by atomic mass is 19.1. The van der Waals surface area contributed by atoms with Gasteiger partial charge >= 0.3 is 0 Å². The van der Waals surface area contributed by atoms with Crippen LogP contribution < -0.4 is 0 Å². The lowest BCUT2D eigenvalue weighted by atomic mass is 10.0. The van der Waals surface area contributed by atoms with Gasteiger partial charge < -0.3 is 14.6 Å². The molecule has 2 rings (SSSR count). The fraction of sp³-hybridized carbons (Fsp3) is 0.500. The van der Waals surface area contributed by atoms with Crippen molar-refractivity contribution in [2.75, 3.05) is 26.4 Å². The van der Waals surface area contributed by atoms with Gasteiger partial charge in [-0.2, -0.15) is 0 Å². The van der Waals surface area contributed by atoms with Crippen LogP contribution in [-0.2, 0) is 16.1 Å². The molecule has 1 N–H and O–H groups in total. The van der Waals surface area contributed by atoms with E-state index in [4.69, 9.17) is 14.6 Å². The van der Waals surface area contributed by atoms with Gasteiger partial charge in [0.1, 0.15) is 12.4 Å². The quantitative estimate of drug-likeness (QED) is 0.857. The summed E-state index contributed by atoms with van der Waals surface area (Å²) >= 11 is 0. The fourth-order valence-electron chi connectivity index (χ4n) is 2.15. The first-order valence-electron chi connectivity index (χ1n) is 6.83. The zero-order valence-electron chi connectivity index (χ0n) is 11.4. The highest BCUT2D eigenvalue weighted by molar-refractivity contribution is 5.38. The molecule has 4 heteroatoms. The van der Waals surface area contributed by atoms with Crippen LogP contribution in [0.1, 0.15) is 24.0 Å². The van der Waals surface area contributed by atoms with E-state index in [0.29, 0.717) is 24.7 Å². The SMILES string of the molecule is OCC#Cc1cc(COCC2CCOCC2)ccc1F. The Morgan fingerprint density at radius 3 is 2.90 bits per heavy atom. The minimum absolute atomic E-state index is 0.274. The third-order valence-corrected chi connectivity index (χ3v) is 3.30. The van der Waals surface area contributed by atoms with E-state index in [-0.39, 0.29) is 12.4 Å². The first kappa shape index (κ1) is 15.0. The molecule has 0 bridgehead atoms. The molecular weight excluding hydrogens is 259 g/mol. The summed E-state index contributed by atoms with van der Waals surface area (Å²) in [6.45, 7) is 2.50. The molecule has 0 amide bonds. The Morgan fingerprint density at radius 2 is 2.15 bits per heavy atom. The Labute approximate surface area is 118 Å². The molecule has 1 aromatic rings. The molecule has 0 spiro atoms. The molecule has 1 aliphatic rings. The van der Waals surface area contributed by atoms with Gasteiger partial charge in [-0.3, -0.25) is 0 Å². The maximum atomic E-state index is 13.5. The van der Waals surface area contributed by atoms with Gasteiger partial charge in [0, 0.05) is 13.2 Å². The van der Waals surface area contributed by atoms with Crippen LogP contribution in [-0.4, -0.2) is 31.5 Å². The molecule has 108 valence electrons. The van der Waals surface area contributed by atoms with Crippen molar-refractivity contribution in [2.45, 2.75) is 19.4 Å². The maximum Gasteiger partial charge on any atom is 0.138 e. The molecule has 0 saturated carbocycles. The molecule has 0 unspecified atom stereocenters. The van der Waals surface area contributed by atoms with Gasteiger partial charge in [-0.1, -0.05) is 17.9 Å². The smallest absolute Gasteiger partial charge is 0.138 e. The van der Waals surface area contributed by atoms with Gasteiger partial charge in [0.2, 0.25) is 0 Å². The summed E-state index contributed by atoms with van der Waals surface area (Å²) < 4.78 is 24.4. The molecule has 3 nitrogen and oxygen atoms in total. The van der Waals surface area contributed by atoms with Crippen molar-refractivity contribution >= 4 is 0 Å². The van der Waals surface area contributed by atoms with E-state index >= 15 is 0 Å². The summed E-state index contributed by atoms with van der Waals surface area (Å²) in [6, 6.07) is 4.75. The second-order valence-corrected chi connectivity index (χ2v) is 4.84. The highest BCUT2D eigenvalue weighted by Gasteiger charge is 2.13. The molecule has 1 fully saturated rings. The summed E-state index contributed by atoms with van der Waals surface area (Å²) in [5.74, 6) is 5.22. The second-order valence-electron chi connectivity index (χ2n) is 4.84. The molecule has 0 aliphatic carbocycles. The number of hydrogen-bond donors (Lipinski definition) is 1. The standard InChI is InChI=1S/C16H19FO3/c17-16-4-3-14(10-15(16)2-1-7-18)12-20-11-13-5-8-19-9-6-13/h3-4,10,13,18H,5-9,11-12H2. The van der Waals surface area contributed by atoms with Crippen LogP contribution in [0.25, 0.3) is 0 Å². The van der Waals surface area contributed by atoms with Crippen LogP contribution in [0, 0.1) is 23.6 Å². The molecule has 1 aromatic carbocycles. The maximum absolute atomic E-state index is 13.5. The van der Waals surface area contributed by atoms with Crippen molar-refractivity contribution in [1.29, 1.82) is 0 Å². The lowest BCUT2D eigenvalue weighted by Crippen LogP contribution is -2.20. The number of halogens is 1. The average molecular weight is 278 g/mol. The third-order valence-electron chi connectivity index (χ3n) is 3.30. The van der Waals surface area contributed by atoms with Gasteiger partial charge in [0.05, 0.1) is 18.8 Å². The molecule has 1 aliphatic heterocycles. The lowest BCUT2D eigenvalue weighted by Gasteiger charge is -2.21. The minimum atomic E-state index is -0.376. The topological polar surface area (TPSA) is 38.7 Å². The summed E-state index contributed by atoms with van der Waals surface area (Å²) in [5.41, 5.74) is 1.19. The summed E-state index contributed by atoms with van der Waals surface area (Å²) in [7, 11) is 0. The summed E-state index contributed by atoms with van der Waals surface area (Å²) in [4.78, 5) is 0. The normalized spacial score (nSPS) is 15.7. The van der Waals surface area contributed by atoms with Crippen LogP contribution in [0.4, 0.5) is 4.39 Å². The van der Waals surface area contributed by atoms with E-state index in [1.165, 1.54) is 6.07 Å². The molecule has 0 aromatic heterocycles. The van der Waals surface area contributed by atoms with Gasteiger partial charge in [0.15, 0.2) is 0 Å². The van der Waals surface area contributed by atoms with Crippen molar-refractivity contribution in [1.82, 2.24) is 0 Å². The van der Waals surface area contributed by atoms with E-state index in [9.17, 15) is 4.39 Å². The molecule has 1 saturated heterocycles. The lowest BCUT2D eigenvalue weighted by molar-refractivity contribution is 0.0157. The highest BCUT2D eigenvalue weighted by Crippen LogP contribution is 2.16. The van der Waals surface area contributed by atoms with E-state index in [1.54, 1.807) is 12.1 Å². The number of ether oxygens (including phenoxy) is 2. The Balaban J connectivity index is 1.86. The van der Waals surface area contributed by atoms with Crippen LogP contribution in [0.15, 0.2) is 18.2 Å². The van der Waals surface area contributed by atoms with Gasteiger partial charge in [-0.15, -0.1) is 0 Å². The number of rotatable bonds is 4. The average Bonchev–Trinajstić information content (AvgIpc) is 2.49. The molecule has 0 radical (unpaired) electrons. The van der Waals surface area contributed by atoms with Crippen molar-refractivity contribution < 1.29 is 19.0 Å². The first-order chi connectivity index (χ1) is 9.79. The zero-order valence-corrected chi connectivity index (χ0v) is 11.4. The van der Waals surface area contributed by atoms with Crippen molar-refractivity contribution in [3.8, 4) is 11.8 Å². The molecule has 20 heavy (non-hydrogen) atoms. The first-order valence-corrected chi connectivity index (χ1v) is 6.83. The largest absolute Gasteiger partial charge is 0.384 e. The molecule has 1 heterocycles. The van der Waals surface area contributed by atoms with Crippen LogP contribution in [0.5, 0.6) is 0 Å².